The second-order valence-electron chi connectivity index (χ2n) is 3.88. The molecule has 1 aromatic heterocycles. The van der Waals surface area contributed by atoms with Crippen molar-refractivity contribution in [3.05, 3.63) is 55.1 Å². The van der Waals surface area contributed by atoms with E-state index in [1.54, 1.807) is 11.3 Å². The Morgan fingerprint density at radius 3 is 2.65 bits per heavy atom. The molecule has 0 aliphatic rings. The maximum Gasteiger partial charge on any atom is 0.0694 e. The first-order valence-electron chi connectivity index (χ1n) is 5.29. The van der Waals surface area contributed by atoms with Gasteiger partial charge >= 0.3 is 0 Å². The van der Waals surface area contributed by atoms with Crippen molar-refractivity contribution in [2.45, 2.75) is 13.0 Å². The number of aryl methyl sites for hydroxylation is 1. The molecule has 0 radical (unpaired) electrons. The molecule has 0 aliphatic carbocycles. The van der Waals surface area contributed by atoms with Crippen molar-refractivity contribution in [1.29, 1.82) is 0 Å². The van der Waals surface area contributed by atoms with Crippen LogP contribution in [0.4, 0.5) is 0 Å². The molecule has 0 saturated heterocycles. The summed E-state index contributed by atoms with van der Waals surface area (Å²) in [4.78, 5) is 1.15. The van der Waals surface area contributed by atoms with Crippen molar-refractivity contribution in [2.24, 2.45) is 0 Å². The van der Waals surface area contributed by atoms with Crippen LogP contribution in [0, 0.1) is 6.92 Å². The van der Waals surface area contributed by atoms with Gasteiger partial charge in [0.05, 0.1) is 11.1 Å². The predicted octanol–water partition coefficient (Wildman–Crippen LogP) is 4.78. The standard InChI is InChI=1S/C13H13BrClNS/c1-8-3-4-9(10(14)7-8)12(16-2)13-11(15)5-6-17-13/h3-7,12,16H,1-2H3. The van der Waals surface area contributed by atoms with E-state index in [1.165, 1.54) is 11.1 Å². The van der Waals surface area contributed by atoms with Crippen LogP contribution in [0.3, 0.4) is 0 Å². The molecule has 4 heteroatoms. The monoisotopic (exact) mass is 329 g/mol. The lowest BCUT2D eigenvalue weighted by Gasteiger charge is -2.17. The van der Waals surface area contributed by atoms with Gasteiger partial charge in [-0.1, -0.05) is 39.7 Å². The number of hydrogen-bond donors (Lipinski definition) is 1. The Morgan fingerprint density at radius 1 is 1.35 bits per heavy atom. The summed E-state index contributed by atoms with van der Waals surface area (Å²) < 4.78 is 1.11. The molecule has 1 aromatic carbocycles. The van der Waals surface area contributed by atoms with E-state index < -0.39 is 0 Å². The van der Waals surface area contributed by atoms with Gasteiger partial charge in [-0.25, -0.2) is 0 Å². The van der Waals surface area contributed by atoms with Crippen LogP contribution in [0.1, 0.15) is 22.0 Å². The third-order valence-electron chi connectivity index (χ3n) is 2.66. The third-order valence-corrected chi connectivity index (χ3v) is 4.77. The summed E-state index contributed by atoms with van der Waals surface area (Å²) in [7, 11) is 1.95. The SMILES string of the molecule is CNC(c1ccc(C)cc1Br)c1sccc1Cl. The van der Waals surface area contributed by atoms with Crippen molar-refractivity contribution in [3.8, 4) is 0 Å². The normalized spacial score (nSPS) is 12.7. The molecule has 1 nitrogen and oxygen atoms in total. The van der Waals surface area contributed by atoms with E-state index in [-0.39, 0.29) is 6.04 Å². The summed E-state index contributed by atoms with van der Waals surface area (Å²) in [5, 5.41) is 6.16. The van der Waals surface area contributed by atoms with Gasteiger partial charge in [-0.3, -0.25) is 0 Å². The number of halogens is 2. The molecule has 1 unspecified atom stereocenters. The molecule has 17 heavy (non-hydrogen) atoms. The van der Waals surface area contributed by atoms with Crippen molar-refractivity contribution in [2.75, 3.05) is 7.05 Å². The van der Waals surface area contributed by atoms with E-state index in [1.807, 2.05) is 18.5 Å². The Labute approximate surface area is 119 Å². The van der Waals surface area contributed by atoms with Crippen LogP contribution in [0.25, 0.3) is 0 Å². The number of benzene rings is 1. The number of rotatable bonds is 3. The van der Waals surface area contributed by atoms with Gasteiger partial charge in [0.2, 0.25) is 0 Å². The summed E-state index contributed by atoms with van der Waals surface area (Å²) in [6.45, 7) is 2.08. The molecule has 90 valence electrons. The van der Waals surface area contributed by atoms with Crippen LogP contribution >= 0.6 is 38.9 Å². The highest BCUT2D eigenvalue weighted by Gasteiger charge is 2.18. The van der Waals surface area contributed by atoms with Crippen LogP contribution in [0.2, 0.25) is 5.02 Å². The predicted molar refractivity (Wildman–Crippen MR) is 79.1 cm³/mol. The molecule has 0 amide bonds. The Morgan fingerprint density at radius 2 is 2.12 bits per heavy atom. The second-order valence-corrected chi connectivity index (χ2v) is 6.09. The minimum atomic E-state index is 0.137. The fourth-order valence-corrected chi connectivity index (χ4v) is 3.82. The average molecular weight is 331 g/mol. The molecule has 1 N–H and O–H groups in total. The zero-order valence-electron chi connectivity index (χ0n) is 9.63. The Bertz CT molecular complexity index is 524. The van der Waals surface area contributed by atoms with Crippen LogP contribution in [-0.2, 0) is 0 Å². The van der Waals surface area contributed by atoms with Crippen LogP contribution < -0.4 is 5.32 Å². The fraction of sp³-hybridized carbons (Fsp3) is 0.231. The van der Waals surface area contributed by atoms with Crippen molar-refractivity contribution >= 4 is 38.9 Å². The average Bonchev–Trinajstić information content (AvgIpc) is 2.69. The molecule has 2 aromatic rings. The Kier molecular flexibility index (Phi) is 4.26. The van der Waals surface area contributed by atoms with Crippen molar-refractivity contribution < 1.29 is 0 Å². The number of hydrogen-bond acceptors (Lipinski definition) is 2. The highest BCUT2D eigenvalue weighted by molar-refractivity contribution is 9.10. The van der Waals surface area contributed by atoms with Gasteiger partial charge in [0.1, 0.15) is 0 Å². The molecule has 0 aliphatic heterocycles. The molecular formula is C13H13BrClNS. The number of thiophene rings is 1. The Hall–Kier alpha value is -0.350. The van der Waals surface area contributed by atoms with Gasteiger partial charge in [0.25, 0.3) is 0 Å². The second kappa shape index (κ2) is 5.53. The van der Waals surface area contributed by atoms with E-state index in [9.17, 15) is 0 Å². The molecular weight excluding hydrogens is 318 g/mol. The van der Waals surface area contributed by atoms with Gasteiger partial charge in [-0.05, 0) is 42.6 Å². The molecule has 0 fully saturated rings. The van der Waals surface area contributed by atoms with Crippen LogP contribution in [0.5, 0.6) is 0 Å². The quantitative estimate of drug-likeness (QED) is 0.854. The van der Waals surface area contributed by atoms with E-state index in [4.69, 9.17) is 11.6 Å². The van der Waals surface area contributed by atoms with E-state index in [0.717, 1.165) is 14.4 Å². The van der Waals surface area contributed by atoms with Crippen LogP contribution in [-0.4, -0.2) is 7.05 Å². The lowest BCUT2D eigenvalue weighted by Crippen LogP contribution is -2.17. The maximum absolute atomic E-state index is 6.20. The summed E-state index contributed by atoms with van der Waals surface area (Å²) in [6.07, 6.45) is 0. The van der Waals surface area contributed by atoms with Crippen molar-refractivity contribution in [3.63, 3.8) is 0 Å². The molecule has 0 spiro atoms. The minimum Gasteiger partial charge on any atom is -0.309 e. The molecule has 0 saturated carbocycles. The first kappa shape index (κ1) is 13.1. The van der Waals surface area contributed by atoms with Gasteiger partial charge in [0, 0.05) is 9.35 Å². The van der Waals surface area contributed by atoms with E-state index in [0.29, 0.717) is 0 Å². The Balaban J connectivity index is 2.46. The van der Waals surface area contributed by atoms with E-state index in [2.05, 4.69) is 46.4 Å². The largest absolute Gasteiger partial charge is 0.309 e. The fourth-order valence-electron chi connectivity index (χ4n) is 1.81. The maximum atomic E-state index is 6.20. The molecule has 0 bridgehead atoms. The zero-order valence-corrected chi connectivity index (χ0v) is 12.8. The van der Waals surface area contributed by atoms with Gasteiger partial charge in [0.15, 0.2) is 0 Å². The third kappa shape index (κ3) is 2.74. The lowest BCUT2D eigenvalue weighted by molar-refractivity contribution is 0.701. The highest BCUT2D eigenvalue weighted by atomic mass is 79.9. The number of nitrogens with one attached hydrogen (secondary N) is 1. The van der Waals surface area contributed by atoms with Gasteiger partial charge < -0.3 is 5.32 Å². The first-order chi connectivity index (χ1) is 8.13. The van der Waals surface area contributed by atoms with E-state index >= 15 is 0 Å². The van der Waals surface area contributed by atoms with Gasteiger partial charge in [-0.2, -0.15) is 0 Å². The van der Waals surface area contributed by atoms with Crippen molar-refractivity contribution in [1.82, 2.24) is 5.32 Å². The molecule has 1 atom stereocenters. The summed E-state index contributed by atoms with van der Waals surface area (Å²) >= 11 is 11.5. The summed E-state index contributed by atoms with van der Waals surface area (Å²) in [6, 6.07) is 8.45. The summed E-state index contributed by atoms with van der Waals surface area (Å²) in [5.41, 5.74) is 2.45. The first-order valence-corrected chi connectivity index (χ1v) is 7.34. The topological polar surface area (TPSA) is 12.0 Å². The molecule has 2 rings (SSSR count). The van der Waals surface area contributed by atoms with Gasteiger partial charge in [-0.15, -0.1) is 11.3 Å². The highest BCUT2D eigenvalue weighted by Crippen LogP contribution is 2.35. The minimum absolute atomic E-state index is 0.137. The lowest BCUT2D eigenvalue weighted by atomic mass is 10.0. The van der Waals surface area contributed by atoms with Crippen LogP contribution in [0.15, 0.2) is 34.1 Å². The smallest absolute Gasteiger partial charge is 0.0694 e. The zero-order chi connectivity index (χ0) is 12.4. The molecule has 1 heterocycles. The summed E-state index contributed by atoms with van der Waals surface area (Å²) in [5.74, 6) is 0.